The van der Waals surface area contributed by atoms with Crippen LogP contribution in [0.5, 0.6) is 5.75 Å². The van der Waals surface area contributed by atoms with Gasteiger partial charge in [-0.25, -0.2) is 8.42 Å². The summed E-state index contributed by atoms with van der Waals surface area (Å²) in [6.45, 7) is 4.21. The first-order valence-electron chi connectivity index (χ1n) is 7.06. The van der Waals surface area contributed by atoms with Crippen LogP contribution in [-0.2, 0) is 10.0 Å². The number of hydrogen-bond acceptors (Lipinski definition) is 5. The van der Waals surface area contributed by atoms with Crippen molar-refractivity contribution in [1.29, 1.82) is 0 Å². The Morgan fingerprint density at radius 1 is 1.33 bits per heavy atom. The summed E-state index contributed by atoms with van der Waals surface area (Å²) in [5.41, 5.74) is 0.620. The van der Waals surface area contributed by atoms with E-state index in [0.29, 0.717) is 18.0 Å². The lowest BCUT2D eigenvalue weighted by Gasteiger charge is -2.28. The molecule has 7 heteroatoms. The fourth-order valence-corrected chi connectivity index (χ4v) is 3.48. The van der Waals surface area contributed by atoms with E-state index in [1.807, 2.05) is 0 Å². The first-order valence-corrected chi connectivity index (χ1v) is 8.67. The Bertz CT molecular complexity index is 556. The average Bonchev–Trinajstić information content (AvgIpc) is 2.53. The average molecular weight is 313 g/mol. The molecule has 1 aromatic rings. The van der Waals surface area contributed by atoms with Crippen molar-refractivity contribution in [1.82, 2.24) is 10.2 Å². The predicted molar refractivity (Wildman–Crippen MR) is 84.5 cm³/mol. The molecule has 1 aromatic carbocycles. The van der Waals surface area contributed by atoms with E-state index < -0.39 is 10.0 Å². The van der Waals surface area contributed by atoms with Crippen molar-refractivity contribution in [3.63, 3.8) is 0 Å². The summed E-state index contributed by atoms with van der Waals surface area (Å²) in [7, 11) is -0.169. The molecule has 0 amide bonds. The summed E-state index contributed by atoms with van der Waals surface area (Å²) in [5, 5.41) is 3.26. The minimum atomic E-state index is -3.32. The lowest BCUT2D eigenvalue weighted by Crippen LogP contribution is -2.46. The second kappa shape index (κ2) is 7.11. The number of ether oxygens (including phenoxy) is 1. The van der Waals surface area contributed by atoms with E-state index in [9.17, 15) is 8.42 Å². The third-order valence-electron chi connectivity index (χ3n) is 3.71. The number of anilines is 1. The van der Waals surface area contributed by atoms with Crippen LogP contribution in [0.2, 0.25) is 0 Å². The fourth-order valence-electron chi connectivity index (χ4n) is 2.28. The van der Waals surface area contributed by atoms with Gasteiger partial charge in [-0.15, -0.1) is 0 Å². The highest BCUT2D eigenvalue weighted by molar-refractivity contribution is 7.92. The molecule has 0 radical (unpaired) electrons. The molecule has 118 valence electrons. The first-order chi connectivity index (χ1) is 10.0. The number of piperazine rings is 1. The Hall–Kier alpha value is -1.31. The van der Waals surface area contributed by atoms with Gasteiger partial charge < -0.3 is 10.1 Å². The molecule has 6 nitrogen and oxygen atoms in total. The summed E-state index contributed by atoms with van der Waals surface area (Å²) < 4.78 is 31.3. The van der Waals surface area contributed by atoms with Crippen molar-refractivity contribution in [3.8, 4) is 5.75 Å². The zero-order chi connectivity index (χ0) is 15.3. The minimum absolute atomic E-state index is 0.126. The normalized spacial score (nSPS) is 16.7. The van der Waals surface area contributed by atoms with E-state index in [1.165, 1.54) is 4.31 Å². The maximum absolute atomic E-state index is 12.4. The largest absolute Gasteiger partial charge is 0.497 e. The second-order valence-corrected chi connectivity index (χ2v) is 7.20. The van der Waals surface area contributed by atoms with Gasteiger partial charge in [0.2, 0.25) is 10.0 Å². The quantitative estimate of drug-likeness (QED) is 0.822. The van der Waals surface area contributed by atoms with Gasteiger partial charge in [0, 0.05) is 45.8 Å². The number of nitrogens with zero attached hydrogens (tertiary/aromatic N) is 2. The number of nitrogens with one attached hydrogen (secondary N) is 1. The minimum Gasteiger partial charge on any atom is -0.497 e. The third kappa shape index (κ3) is 4.33. The zero-order valence-corrected chi connectivity index (χ0v) is 13.4. The van der Waals surface area contributed by atoms with Crippen molar-refractivity contribution in [2.75, 3.05) is 56.9 Å². The molecule has 0 spiro atoms. The smallest absolute Gasteiger partial charge is 0.236 e. The van der Waals surface area contributed by atoms with Gasteiger partial charge in [-0.05, 0) is 12.1 Å². The van der Waals surface area contributed by atoms with Gasteiger partial charge in [0.15, 0.2) is 0 Å². The Kier molecular flexibility index (Phi) is 5.44. The number of sulfonamides is 1. The number of methoxy groups -OCH3 is 1. The van der Waals surface area contributed by atoms with Gasteiger partial charge in [0.05, 0.1) is 18.6 Å². The van der Waals surface area contributed by atoms with Gasteiger partial charge in [-0.3, -0.25) is 9.21 Å². The lowest BCUT2D eigenvalue weighted by molar-refractivity contribution is 0.254. The van der Waals surface area contributed by atoms with Crippen LogP contribution in [0.4, 0.5) is 5.69 Å². The monoisotopic (exact) mass is 313 g/mol. The van der Waals surface area contributed by atoms with Gasteiger partial charge >= 0.3 is 0 Å². The highest BCUT2D eigenvalue weighted by atomic mass is 32.2. The van der Waals surface area contributed by atoms with E-state index >= 15 is 0 Å². The van der Waals surface area contributed by atoms with Gasteiger partial charge in [0.25, 0.3) is 0 Å². The number of hydrogen-bond donors (Lipinski definition) is 1. The summed E-state index contributed by atoms with van der Waals surface area (Å²) in [5.74, 6) is 0.775. The SMILES string of the molecule is COc1cccc(N(C)S(=O)(=O)CCN2CCNCC2)c1. The molecule has 2 rings (SSSR count). The zero-order valence-electron chi connectivity index (χ0n) is 12.6. The van der Waals surface area contributed by atoms with Crippen molar-refractivity contribution in [2.24, 2.45) is 0 Å². The highest BCUT2D eigenvalue weighted by Crippen LogP contribution is 2.22. The third-order valence-corrected chi connectivity index (χ3v) is 5.45. The molecule has 1 aliphatic rings. The number of rotatable bonds is 6. The Morgan fingerprint density at radius 3 is 2.71 bits per heavy atom. The van der Waals surface area contributed by atoms with Crippen molar-refractivity contribution < 1.29 is 13.2 Å². The molecule has 1 heterocycles. The van der Waals surface area contributed by atoms with E-state index in [-0.39, 0.29) is 5.75 Å². The van der Waals surface area contributed by atoms with Crippen LogP contribution in [0.3, 0.4) is 0 Å². The molecular formula is C14H23N3O3S. The van der Waals surface area contributed by atoms with E-state index in [1.54, 1.807) is 38.4 Å². The lowest BCUT2D eigenvalue weighted by atomic mass is 10.3. The second-order valence-electron chi connectivity index (χ2n) is 5.08. The van der Waals surface area contributed by atoms with Crippen LogP contribution < -0.4 is 14.4 Å². The van der Waals surface area contributed by atoms with Crippen LogP contribution >= 0.6 is 0 Å². The topological polar surface area (TPSA) is 61.9 Å². The molecule has 0 aliphatic carbocycles. The van der Waals surface area contributed by atoms with Crippen LogP contribution in [0.15, 0.2) is 24.3 Å². The van der Waals surface area contributed by atoms with Gasteiger partial charge in [-0.1, -0.05) is 6.07 Å². The molecular weight excluding hydrogens is 290 g/mol. The molecule has 0 saturated carbocycles. The summed E-state index contributed by atoms with van der Waals surface area (Å²) in [6.07, 6.45) is 0. The molecule has 1 N–H and O–H groups in total. The molecule has 1 saturated heterocycles. The van der Waals surface area contributed by atoms with Crippen molar-refractivity contribution in [2.45, 2.75) is 0 Å². The van der Waals surface area contributed by atoms with Crippen molar-refractivity contribution in [3.05, 3.63) is 24.3 Å². The molecule has 0 aromatic heterocycles. The Labute approximate surface area is 126 Å². The molecule has 0 unspecified atom stereocenters. The fraction of sp³-hybridized carbons (Fsp3) is 0.571. The summed E-state index contributed by atoms with van der Waals surface area (Å²) in [6, 6.07) is 7.08. The van der Waals surface area contributed by atoms with Gasteiger partial charge in [0.1, 0.15) is 5.75 Å². The van der Waals surface area contributed by atoms with E-state index in [0.717, 1.165) is 26.2 Å². The van der Waals surface area contributed by atoms with E-state index in [2.05, 4.69) is 10.2 Å². The first kappa shape index (κ1) is 16.1. The molecule has 0 bridgehead atoms. The summed E-state index contributed by atoms with van der Waals surface area (Å²) in [4.78, 5) is 2.17. The van der Waals surface area contributed by atoms with Crippen LogP contribution in [0.1, 0.15) is 0 Å². The highest BCUT2D eigenvalue weighted by Gasteiger charge is 2.20. The standard InChI is InChI=1S/C14H23N3O3S/c1-16(13-4-3-5-14(12-13)20-2)21(18,19)11-10-17-8-6-15-7-9-17/h3-5,12,15H,6-11H2,1-2H3. The summed E-state index contributed by atoms with van der Waals surface area (Å²) >= 11 is 0. The van der Waals surface area contributed by atoms with Crippen LogP contribution in [0.25, 0.3) is 0 Å². The number of benzene rings is 1. The van der Waals surface area contributed by atoms with Crippen molar-refractivity contribution >= 4 is 15.7 Å². The van der Waals surface area contributed by atoms with Crippen LogP contribution in [-0.4, -0.2) is 66.0 Å². The molecule has 0 atom stereocenters. The van der Waals surface area contributed by atoms with Gasteiger partial charge in [-0.2, -0.15) is 0 Å². The van der Waals surface area contributed by atoms with Crippen LogP contribution in [0, 0.1) is 0 Å². The van der Waals surface area contributed by atoms with E-state index in [4.69, 9.17) is 4.74 Å². The Balaban J connectivity index is 2.00. The predicted octanol–water partition coefficient (Wildman–Crippen LogP) is 0.366. The Morgan fingerprint density at radius 2 is 2.05 bits per heavy atom. The maximum atomic E-state index is 12.4. The molecule has 1 aliphatic heterocycles. The maximum Gasteiger partial charge on any atom is 0.236 e. The molecule has 21 heavy (non-hydrogen) atoms. The molecule has 1 fully saturated rings.